The molecule has 1 fully saturated rings. The molecule has 1 aromatic heterocycles. The van der Waals surface area contributed by atoms with Crippen LogP contribution in [0.2, 0.25) is 0 Å². The quantitative estimate of drug-likeness (QED) is 0.435. The Balaban J connectivity index is 2.03. The van der Waals surface area contributed by atoms with Gasteiger partial charge in [0, 0.05) is 30.9 Å². The van der Waals surface area contributed by atoms with E-state index < -0.39 is 12.5 Å². The molecule has 0 radical (unpaired) electrons. The molecule has 22 heavy (non-hydrogen) atoms. The van der Waals surface area contributed by atoms with E-state index in [2.05, 4.69) is 9.97 Å². The van der Waals surface area contributed by atoms with Gasteiger partial charge < -0.3 is 24.8 Å². The van der Waals surface area contributed by atoms with Gasteiger partial charge >= 0.3 is 13.1 Å². The molecule has 0 aliphatic carbocycles. The standard InChI is InChI=1S/C13H20BN3O5/c1-2-22-11(19)13(9-18)3-5-17(6-4-13)12-15-7-10(8-16-12)14(20)21/h7-8,18,20-21H,2-6,9H2,1H3. The van der Waals surface area contributed by atoms with Crippen LogP contribution < -0.4 is 10.4 Å². The molecule has 9 heteroatoms. The molecule has 1 aromatic rings. The SMILES string of the molecule is CCOC(=O)C1(CO)CCN(c2ncc(B(O)O)cn2)CC1. The molecule has 8 nitrogen and oxygen atoms in total. The van der Waals surface area contributed by atoms with E-state index in [-0.39, 0.29) is 18.0 Å². The molecule has 2 rings (SSSR count). The van der Waals surface area contributed by atoms with Crippen molar-refractivity contribution in [2.75, 3.05) is 31.2 Å². The number of aliphatic hydroxyl groups excluding tert-OH is 1. The van der Waals surface area contributed by atoms with Gasteiger partial charge in [-0.25, -0.2) is 9.97 Å². The average Bonchev–Trinajstić information content (AvgIpc) is 2.55. The van der Waals surface area contributed by atoms with E-state index in [0.717, 1.165) is 0 Å². The molecule has 0 unspecified atom stereocenters. The predicted octanol–water partition coefficient (Wildman–Crippen LogP) is -1.70. The molecule has 1 saturated heterocycles. The van der Waals surface area contributed by atoms with Gasteiger partial charge in [-0.15, -0.1) is 0 Å². The summed E-state index contributed by atoms with van der Waals surface area (Å²) in [6, 6.07) is 0. The summed E-state index contributed by atoms with van der Waals surface area (Å²) in [5.41, 5.74) is -0.634. The van der Waals surface area contributed by atoms with Crippen LogP contribution in [0.15, 0.2) is 12.4 Å². The highest BCUT2D eigenvalue weighted by Crippen LogP contribution is 2.33. The lowest BCUT2D eigenvalue weighted by atomic mass is 9.79. The zero-order chi connectivity index (χ0) is 16.2. The van der Waals surface area contributed by atoms with E-state index >= 15 is 0 Å². The van der Waals surface area contributed by atoms with E-state index in [1.807, 2.05) is 4.90 Å². The van der Waals surface area contributed by atoms with Crippen molar-refractivity contribution in [2.24, 2.45) is 5.41 Å². The molecular weight excluding hydrogens is 289 g/mol. The van der Waals surface area contributed by atoms with Crippen LogP contribution in [0.25, 0.3) is 0 Å². The summed E-state index contributed by atoms with van der Waals surface area (Å²) in [5, 5.41) is 27.6. The monoisotopic (exact) mass is 309 g/mol. The molecule has 0 spiro atoms. The second kappa shape index (κ2) is 7.04. The lowest BCUT2D eigenvalue weighted by Gasteiger charge is -2.38. The van der Waals surface area contributed by atoms with Crippen molar-refractivity contribution in [3.05, 3.63) is 12.4 Å². The normalized spacial score (nSPS) is 17.2. The summed E-state index contributed by atoms with van der Waals surface area (Å²) in [5.74, 6) is 0.0941. The van der Waals surface area contributed by atoms with Gasteiger partial charge in [0.05, 0.1) is 18.6 Å². The van der Waals surface area contributed by atoms with Crippen molar-refractivity contribution in [3.8, 4) is 0 Å². The number of carbonyl (C=O) groups excluding carboxylic acids is 1. The molecule has 1 aliphatic rings. The smallest absolute Gasteiger partial charge is 0.465 e. The fraction of sp³-hybridized carbons (Fsp3) is 0.615. The van der Waals surface area contributed by atoms with Crippen molar-refractivity contribution in [3.63, 3.8) is 0 Å². The minimum atomic E-state index is -1.60. The van der Waals surface area contributed by atoms with Crippen molar-refractivity contribution in [1.29, 1.82) is 0 Å². The third-order valence-electron chi connectivity index (χ3n) is 3.97. The first-order chi connectivity index (χ1) is 10.5. The van der Waals surface area contributed by atoms with Crippen LogP contribution >= 0.6 is 0 Å². The van der Waals surface area contributed by atoms with Gasteiger partial charge in [-0.05, 0) is 19.8 Å². The van der Waals surface area contributed by atoms with E-state index in [1.165, 1.54) is 12.4 Å². The van der Waals surface area contributed by atoms with Crippen molar-refractivity contribution in [1.82, 2.24) is 9.97 Å². The molecule has 0 atom stereocenters. The van der Waals surface area contributed by atoms with Gasteiger partial charge in [-0.3, -0.25) is 4.79 Å². The van der Waals surface area contributed by atoms with Crippen LogP contribution in [0.4, 0.5) is 5.95 Å². The molecule has 0 aromatic carbocycles. The molecule has 0 bridgehead atoms. The van der Waals surface area contributed by atoms with Gasteiger partial charge in [0.15, 0.2) is 0 Å². The highest BCUT2D eigenvalue weighted by molar-refractivity contribution is 6.58. The molecular formula is C13H20BN3O5. The van der Waals surface area contributed by atoms with E-state index in [0.29, 0.717) is 38.5 Å². The topological polar surface area (TPSA) is 116 Å². The second-order valence-electron chi connectivity index (χ2n) is 5.34. The van der Waals surface area contributed by atoms with Gasteiger partial charge in [0.1, 0.15) is 0 Å². The number of piperidine rings is 1. The third kappa shape index (κ3) is 3.37. The van der Waals surface area contributed by atoms with Gasteiger partial charge in [-0.1, -0.05) is 0 Å². The average molecular weight is 309 g/mol. The molecule has 0 saturated carbocycles. The van der Waals surface area contributed by atoms with Crippen LogP contribution in [0.5, 0.6) is 0 Å². The lowest BCUT2D eigenvalue weighted by Crippen LogP contribution is -2.48. The molecule has 2 heterocycles. The first-order valence-corrected chi connectivity index (χ1v) is 7.23. The number of nitrogens with zero attached hydrogens (tertiary/aromatic N) is 3. The number of hydrogen-bond acceptors (Lipinski definition) is 8. The number of esters is 1. The Hall–Kier alpha value is -1.71. The Morgan fingerprint density at radius 3 is 2.41 bits per heavy atom. The van der Waals surface area contributed by atoms with Crippen LogP contribution in [0.1, 0.15) is 19.8 Å². The van der Waals surface area contributed by atoms with Crippen molar-refractivity contribution in [2.45, 2.75) is 19.8 Å². The summed E-state index contributed by atoms with van der Waals surface area (Å²) in [4.78, 5) is 22.1. The van der Waals surface area contributed by atoms with Gasteiger partial charge in [0.25, 0.3) is 0 Å². The van der Waals surface area contributed by atoms with Crippen LogP contribution in [-0.2, 0) is 9.53 Å². The van der Waals surface area contributed by atoms with Gasteiger partial charge in [0.2, 0.25) is 5.95 Å². The summed E-state index contributed by atoms with van der Waals surface area (Å²) >= 11 is 0. The summed E-state index contributed by atoms with van der Waals surface area (Å²) in [6.07, 6.45) is 3.62. The third-order valence-corrected chi connectivity index (χ3v) is 3.97. The highest BCUT2D eigenvalue weighted by Gasteiger charge is 2.42. The fourth-order valence-corrected chi connectivity index (χ4v) is 2.47. The largest absolute Gasteiger partial charge is 0.491 e. The van der Waals surface area contributed by atoms with E-state index in [1.54, 1.807) is 6.92 Å². The maximum absolute atomic E-state index is 12.0. The fourth-order valence-electron chi connectivity index (χ4n) is 2.47. The Morgan fingerprint density at radius 2 is 1.95 bits per heavy atom. The Labute approximate surface area is 128 Å². The number of hydrogen-bond donors (Lipinski definition) is 3. The molecule has 1 aliphatic heterocycles. The minimum absolute atomic E-state index is 0.219. The van der Waals surface area contributed by atoms with E-state index in [9.17, 15) is 9.90 Å². The molecule has 0 amide bonds. The van der Waals surface area contributed by atoms with Crippen LogP contribution in [0.3, 0.4) is 0 Å². The first kappa shape index (κ1) is 16.7. The predicted molar refractivity (Wildman–Crippen MR) is 79.5 cm³/mol. The molecule has 3 N–H and O–H groups in total. The number of aromatic nitrogens is 2. The Morgan fingerprint density at radius 1 is 1.36 bits per heavy atom. The minimum Gasteiger partial charge on any atom is -0.465 e. The maximum Gasteiger partial charge on any atom is 0.491 e. The highest BCUT2D eigenvalue weighted by atomic mass is 16.5. The number of ether oxygens (including phenoxy) is 1. The van der Waals surface area contributed by atoms with Crippen molar-refractivity contribution < 1.29 is 24.7 Å². The number of aliphatic hydroxyl groups is 1. The lowest BCUT2D eigenvalue weighted by molar-refractivity contribution is -0.159. The number of anilines is 1. The zero-order valence-electron chi connectivity index (χ0n) is 12.5. The van der Waals surface area contributed by atoms with E-state index in [4.69, 9.17) is 14.8 Å². The molecule has 120 valence electrons. The Kier molecular flexibility index (Phi) is 5.33. The maximum atomic E-state index is 12.0. The number of carbonyl (C=O) groups is 1. The summed E-state index contributed by atoms with van der Waals surface area (Å²) in [7, 11) is -1.60. The number of rotatable bonds is 5. The van der Waals surface area contributed by atoms with Crippen LogP contribution in [-0.4, -0.2) is 64.5 Å². The summed E-state index contributed by atoms with van der Waals surface area (Å²) in [6.45, 7) is 2.82. The summed E-state index contributed by atoms with van der Waals surface area (Å²) < 4.78 is 5.05. The Bertz CT molecular complexity index is 503. The first-order valence-electron chi connectivity index (χ1n) is 7.23. The zero-order valence-corrected chi connectivity index (χ0v) is 12.5. The van der Waals surface area contributed by atoms with Crippen LogP contribution in [0, 0.1) is 5.41 Å². The van der Waals surface area contributed by atoms with Crippen molar-refractivity contribution >= 4 is 24.5 Å². The second-order valence-corrected chi connectivity index (χ2v) is 5.34. The van der Waals surface area contributed by atoms with Gasteiger partial charge in [-0.2, -0.15) is 0 Å².